The van der Waals surface area contributed by atoms with Gasteiger partial charge >= 0.3 is 0 Å². The van der Waals surface area contributed by atoms with Gasteiger partial charge in [0, 0.05) is 41.7 Å². The summed E-state index contributed by atoms with van der Waals surface area (Å²) in [6, 6.07) is 18.8. The normalized spacial score (nSPS) is 16.9. The number of likely N-dealkylation sites (tertiary alicyclic amines) is 1. The molecule has 4 heteroatoms. The van der Waals surface area contributed by atoms with Crippen molar-refractivity contribution in [2.45, 2.75) is 33.6 Å². The Morgan fingerprint density at radius 2 is 1.94 bits per heavy atom. The van der Waals surface area contributed by atoms with Crippen LogP contribution in [0.15, 0.2) is 71.4 Å². The summed E-state index contributed by atoms with van der Waals surface area (Å²) in [6.45, 7) is 8.37. The van der Waals surface area contributed by atoms with E-state index in [4.69, 9.17) is 9.15 Å². The molecule has 1 fully saturated rings. The maximum absolute atomic E-state index is 13.0. The second-order valence-corrected chi connectivity index (χ2v) is 9.31. The first kappa shape index (κ1) is 22.3. The van der Waals surface area contributed by atoms with Gasteiger partial charge in [-0.1, -0.05) is 49.4 Å². The van der Waals surface area contributed by atoms with Crippen molar-refractivity contribution in [3.63, 3.8) is 0 Å². The Kier molecular flexibility index (Phi) is 6.14. The van der Waals surface area contributed by atoms with Crippen LogP contribution in [0.25, 0.3) is 38.4 Å². The smallest absolute Gasteiger partial charge is 0.246 e. The Hall–Kier alpha value is -3.53. The maximum atomic E-state index is 13.0. The SMILES string of the molecule is CCOc1cc2occ(-c3cccc4ccccc34)c2cc1/C(C)=C/C(=O)N1CCCC(C)C1. The molecule has 0 aliphatic carbocycles. The quantitative estimate of drug-likeness (QED) is 0.297. The molecule has 5 rings (SSSR count). The van der Waals surface area contributed by atoms with Gasteiger partial charge in [-0.05, 0) is 60.6 Å². The summed E-state index contributed by atoms with van der Waals surface area (Å²) in [5.41, 5.74) is 4.78. The Morgan fingerprint density at radius 1 is 1.12 bits per heavy atom. The number of furan rings is 1. The topological polar surface area (TPSA) is 42.7 Å². The van der Waals surface area contributed by atoms with Crippen molar-refractivity contribution in [3.05, 3.63) is 72.5 Å². The van der Waals surface area contributed by atoms with Gasteiger partial charge in [-0.3, -0.25) is 4.79 Å². The van der Waals surface area contributed by atoms with Gasteiger partial charge in [-0.25, -0.2) is 0 Å². The molecule has 0 N–H and O–H groups in total. The minimum absolute atomic E-state index is 0.0769. The van der Waals surface area contributed by atoms with Gasteiger partial charge in [0.05, 0.1) is 12.9 Å². The summed E-state index contributed by atoms with van der Waals surface area (Å²) in [7, 11) is 0. The van der Waals surface area contributed by atoms with Crippen LogP contribution in [0.4, 0.5) is 0 Å². The minimum Gasteiger partial charge on any atom is -0.493 e. The first-order valence-electron chi connectivity index (χ1n) is 12.2. The highest BCUT2D eigenvalue weighted by Gasteiger charge is 2.21. The molecule has 1 amide bonds. The number of carbonyl (C=O) groups is 1. The number of hydrogen-bond donors (Lipinski definition) is 0. The number of piperidine rings is 1. The van der Waals surface area contributed by atoms with Gasteiger partial charge in [-0.15, -0.1) is 0 Å². The van der Waals surface area contributed by atoms with E-state index in [1.807, 2.05) is 31.1 Å². The average Bonchev–Trinajstić information content (AvgIpc) is 3.26. The molecule has 1 unspecified atom stereocenters. The van der Waals surface area contributed by atoms with Crippen molar-refractivity contribution in [3.8, 4) is 16.9 Å². The molecule has 3 aromatic carbocycles. The average molecular weight is 454 g/mol. The van der Waals surface area contributed by atoms with E-state index in [1.165, 1.54) is 17.2 Å². The van der Waals surface area contributed by atoms with E-state index < -0.39 is 0 Å². The molecule has 4 aromatic rings. The minimum atomic E-state index is 0.0769. The number of rotatable bonds is 5. The lowest BCUT2D eigenvalue weighted by atomic mass is 9.95. The van der Waals surface area contributed by atoms with Gasteiger partial charge in [-0.2, -0.15) is 0 Å². The fraction of sp³-hybridized carbons (Fsp3) is 0.300. The summed E-state index contributed by atoms with van der Waals surface area (Å²) in [6.07, 6.45) is 5.85. The third-order valence-corrected chi connectivity index (χ3v) is 6.79. The van der Waals surface area contributed by atoms with E-state index in [-0.39, 0.29) is 5.91 Å². The molecule has 1 atom stereocenters. The predicted molar refractivity (Wildman–Crippen MR) is 139 cm³/mol. The van der Waals surface area contributed by atoms with E-state index in [0.29, 0.717) is 12.5 Å². The summed E-state index contributed by atoms with van der Waals surface area (Å²) < 4.78 is 12.0. The van der Waals surface area contributed by atoms with Crippen molar-refractivity contribution in [2.75, 3.05) is 19.7 Å². The molecule has 34 heavy (non-hydrogen) atoms. The Labute approximate surface area is 200 Å². The maximum Gasteiger partial charge on any atom is 0.246 e. The van der Waals surface area contributed by atoms with Crippen molar-refractivity contribution < 1.29 is 13.9 Å². The lowest BCUT2D eigenvalue weighted by molar-refractivity contribution is -0.127. The zero-order chi connectivity index (χ0) is 23.7. The first-order valence-corrected chi connectivity index (χ1v) is 12.2. The summed E-state index contributed by atoms with van der Waals surface area (Å²) in [5, 5.41) is 3.39. The van der Waals surface area contributed by atoms with Crippen LogP contribution in [0.1, 0.15) is 39.2 Å². The number of amides is 1. The van der Waals surface area contributed by atoms with Gasteiger partial charge in [0.2, 0.25) is 5.91 Å². The standard InChI is InChI=1S/C30H31NO3/c1-4-33-28-17-29-26(16-25(28)21(3)15-30(32)31-14-8-9-20(2)18-31)27(19-34-29)24-13-7-11-22-10-5-6-12-23(22)24/h5-7,10-13,15-17,19-20H,4,8-9,14,18H2,1-3H3/b21-15+. The van der Waals surface area contributed by atoms with Crippen molar-refractivity contribution in [1.29, 1.82) is 0 Å². The number of ether oxygens (including phenoxy) is 1. The van der Waals surface area contributed by atoms with Crippen molar-refractivity contribution >= 4 is 33.2 Å². The predicted octanol–water partition coefficient (Wildman–Crippen LogP) is 7.31. The number of allylic oxidation sites excluding steroid dienone is 1. The molecular formula is C30H31NO3. The molecule has 2 heterocycles. The Bertz CT molecular complexity index is 1380. The third kappa shape index (κ3) is 4.21. The molecule has 1 aliphatic heterocycles. The zero-order valence-electron chi connectivity index (χ0n) is 20.1. The van der Waals surface area contributed by atoms with Gasteiger partial charge in [0.25, 0.3) is 0 Å². The number of carbonyl (C=O) groups excluding carboxylic acids is 1. The van der Waals surface area contributed by atoms with Crippen LogP contribution in [0.2, 0.25) is 0 Å². The van der Waals surface area contributed by atoms with Gasteiger partial charge < -0.3 is 14.1 Å². The molecule has 1 aliphatic rings. The van der Waals surface area contributed by atoms with E-state index in [2.05, 4.69) is 55.5 Å². The van der Waals surface area contributed by atoms with E-state index >= 15 is 0 Å². The van der Waals surface area contributed by atoms with E-state index in [0.717, 1.165) is 58.5 Å². The van der Waals surface area contributed by atoms with Crippen LogP contribution in [0, 0.1) is 5.92 Å². The van der Waals surface area contributed by atoms with E-state index in [9.17, 15) is 4.79 Å². The molecule has 1 saturated heterocycles. The van der Waals surface area contributed by atoms with Crippen molar-refractivity contribution in [2.24, 2.45) is 5.92 Å². The lowest BCUT2D eigenvalue weighted by Crippen LogP contribution is -2.38. The van der Waals surface area contributed by atoms with Gasteiger partial charge in [0.1, 0.15) is 11.3 Å². The zero-order valence-corrected chi connectivity index (χ0v) is 20.1. The summed E-state index contributed by atoms with van der Waals surface area (Å²) in [4.78, 5) is 15.0. The second kappa shape index (κ2) is 9.38. The number of fused-ring (bicyclic) bond motifs is 2. The van der Waals surface area contributed by atoms with E-state index in [1.54, 1.807) is 6.08 Å². The number of nitrogens with zero attached hydrogens (tertiary/aromatic N) is 1. The lowest BCUT2D eigenvalue weighted by Gasteiger charge is -2.30. The molecule has 1 aromatic heterocycles. The first-order chi connectivity index (χ1) is 16.5. The van der Waals surface area contributed by atoms with Gasteiger partial charge in [0.15, 0.2) is 0 Å². The number of hydrogen-bond acceptors (Lipinski definition) is 3. The van der Waals surface area contributed by atoms with Crippen LogP contribution >= 0.6 is 0 Å². The molecule has 0 bridgehead atoms. The molecular weight excluding hydrogens is 422 g/mol. The third-order valence-electron chi connectivity index (χ3n) is 6.79. The molecule has 4 nitrogen and oxygen atoms in total. The highest BCUT2D eigenvalue weighted by atomic mass is 16.5. The molecule has 174 valence electrons. The fourth-order valence-electron chi connectivity index (χ4n) is 5.05. The number of benzene rings is 3. The largest absolute Gasteiger partial charge is 0.493 e. The van der Waals surface area contributed by atoms with Crippen LogP contribution in [0.5, 0.6) is 5.75 Å². The van der Waals surface area contributed by atoms with Crippen LogP contribution in [-0.2, 0) is 4.79 Å². The van der Waals surface area contributed by atoms with Crippen LogP contribution < -0.4 is 4.74 Å². The molecule has 0 saturated carbocycles. The molecule has 0 radical (unpaired) electrons. The summed E-state index contributed by atoms with van der Waals surface area (Å²) in [5.74, 6) is 1.37. The second-order valence-electron chi connectivity index (χ2n) is 9.31. The van der Waals surface area contributed by atoms with Crippen molar-refractivity contribution in [1.82, 2.24) is 4.90 Å². The Balaban J connectivity index is 1.60. The highest BCUT2D eigenvalue weighted by Crippen LogP contribution is 2.39. The van der Waals surface area contributed by atoms with Crippen LogP contribution in [0.3, 0.4) is 0 Å². The summed E-state index contributed by atoms with van der Waals surface area (Å²) >= 11 is 0. The monoisotopic (exact) mass is 453 g/mol. The van der Waals surface area contributed by atoms with Crippen LogP contribution in [-0.4, -0.2) is 30.5 Å². The highest BCUT2D eigenvalue weighted by molar-refractivity contribution is 6.06. The molecule has 0 spiro atoms. The Morgan fingerprint density at radius 3 is 2.76 bits per heavy atom. The fourth-order valence-corrected chi connectivity index (χ4v) is 5.05.